The van der Waals surface area contributed by atoms with Crippen LogP contribution in [0.5, 0.6) is 5.75 Å². The first kappa shape index (κ1) is 18.5. The lowest BCUT2D eigenvalue weighted by molar-refractivity contribution is 0.0951. The Morgan fingerprint density at radius 2 is 1.71 bits per heavy atom. The van der Waals surface area contributed by atoms with Crippen LogP contribution >= 0.6 is 23.2 Å². The van der Waals surface area contributed by atoms with Gasteiger partial charge in [0.15, 0.2) is 5.75 Å². The number of sulfonamides is 1. The molecule has 24 heavy (non-hydrogen) atoms. The van der Waals surface area contributed by atoms with Gasteiger partial charge in [-0.2, -0.15) is 0 Å². The van der Waals surface area contributed by atoms with E-state index < -0.39 is 10.0 Å². The number of hydrogen-bond donors (Lipinski definition) is 2. The predicted octanol–water partition coefficient (Wildman–Crippen LogP) is 2.58. The number of nitrogens with one attached hydrogen (secondary N) is 1. The number of carbonyl (C=O) groups is 1. The number of methoxy groups -OCH3 is 1. The van der Waals surface area contributed by atoms with Crippen LogP contribution in [0.1, 0.15) is 15.9 Å². The van der Waals surface area contributed by atoms with E-state index in [0.29, 0.717) is 11.3 Å². The van der Waals surface area contributed by atoms with E-state index in [1.807, 2.05) is 0 Å². The van der Waals surface area contributed by atoms with Gasteiger partial charge in [0.2, 0.25) is 10.0 Å². The van der Waals surface area contributed by atoms with Gasteiger partial charge in [-0.25, -0.2) is 13.6 Å². The number of rotatable bonds is 5. The van der Waals surface area contributed by atoms with Gasteiger partial charge in [0.1, 0.15) is 0 Å². The minimum Gasteiger partial charge on any atom is -0.494 e. The van der Waals surface area contributed by atoms with Gasteiger partial charge in [-0.1, -0.05) is 35.3 Å². The van der Waals surface area contributed by atoms with Crippen molar-refractivity contribution in [3.8, 4) is 5.75 Å². The number of benzene rings is 2. The first-order chi connectivity index (χ1) is 11.2. The largest absolute Gasteiger partial charge is 0.494 e. The summed E-state index contributed by atoms with van der Waals surface area (Å²) in [6.45, 7) is 0.199. The Bertz CT molecular complexity index is 845. The highest BCUT2D eigenvalue weighted by atomic mass is 35.5. The molecule has 0 atom stereocenters. The van der Waals surface area contributed by atoms with Gasteiger partial charge in [0.25, 0.3) is 5.91 Å². The minimum atomic E-state index is -3.74. The second-order valence-electron chi connectivity index (χ2n) is 4.84. The first-order valence-electron chi connectivity index (χ1n) is 6.65. The number of amides is 1. The molecule has 2 rings (SSSR count). The molecule has 1 amide bonds. The summed E-state index contributed by atoms with van der Waals surface area (Å²) in [6, 6.07) is 8.77. The van der Waals surface area contributed by atoms with Crippen molar-refractivity contribution in [3.63, 3.8) is 0 Å². The lowest BCUT2D eigenvalue weighted by Gasteiger charge is -2.10. The van der Waals surface area contributed by atoms with E-state index in [-0.39, 0.29) is 33.0 Å². The molecule has 0 spiro atoms. The van der Waals surface area contributed by atoms with Crippen LogP contribution in [0.25, 0.3) is 0 Å². The molecule has 9 heteroatoms. The van der Waals surface area contributed by atoms with E-state index in [1.54, 1.807) is 12.1 Å². The highest BCUT2D eigenvalue weighted by Crippen LogP contribution is 2.33. The zero-order chi connectivity index (χ0) is 17.9. The summed E-state index contributed by atoms with van der Waals surface area (Å²) >= 11 is 12.0. The Morgan fingerprint density at radius 3 is 2.17 bits per heavy atom. The van der Waals surface area contributed by atoms with Gasteiger partial charge in [-0.15, -0.1) is 0 Å². The van der Waals surface area contributed by atoms with Crippen LogP contribution < -0.4 is 15.2 Å². The van der Waals surface area contributed by atoms with Gasteiger partial charge in [0, 0.05) is 12.1 Å². The lowest BCUT2D eigenvalue weighted by atomic mass is 10.2. The Labute approximate surface area is 149 Å². The maximum atomic E-state index is 12.2. The number of ether oxygens (including phenoxy) is 1. The van der Waals surface area contributed by atoms with Gasteiger partial charge in [0.05, 0.1) is 22.1 Å². The summed E-state index contributed by atoms with van der Waals surface area (Å²) in [5.74, 6) is -0.0783. The van der Waals surface area contributed by atoms with E-state index >= 15 is 0 Å². The molecule has 0 heterocycles. The lowest BCUT2D eigenvalue weighted by Crippen LogP contribution is -2.23. The number of primary sulfonamides is 1. The van der Waals surface area contributed by atoms with Crippen LogP contribution in [-0.4, -0.2) is 21.4 Å². The summed E-state index contributed by atoms with van der Waals surface area (Å²) in [7, 11) is -2.31. The molecule has 0 aliphatic heterocycles. The molecule has 0 bridgehead atoms. The van der Waals surface area contributed by atoms with E-state index in [2.05, 4.69) is 5.32 Å². The Balaban J connectivity index is 2.08. The quantitative estimate of drug-likeness (QED) is 0.821. The summed E-state index contributed by atoms with van der Waals surface area (Å²) < 4.78 is 27.4. The zero-order valence-corrected chi connectivity index (χ0v) is 14.9. The summed E-state index contributed by atoms with van der Waals surface area (Å²) in [4.78, 5) is 12.2. The predicted molar refractivity (Wildman–Crippen MR) is 92.0 cm³/mol. The van der Waals surface area contributed by atoms with Crippen molar-refractivity contribution < 1.29 is 17.9 Å². The van der Waals surface area contributed by atoms with Gasteiger partial charge >= 0.3 is 0 Å². The number of carbonyl (C=O) groups excluding carboxylic acids is 1. The molecule has 0 unspecified atom stereocenters. The van der Waals surface area contributed by atoms with Crippen molar-refractivity contribution in [1.29, 1.82) is 0 Å². The fourth-order valence-corrected chi connectivity index (χ4v) is 3.12. The maximum absolute atomic E-state index is 12.2. The SMILES string of the molecule is COc1c(Cl)cc(C(=O)NCc2ccc(S(N)(=O)=O)cc2)cc1Cl. The fourth-order valence-electron chi connectivity index (χ4n) is 1.97. The third kappa shape index (κ3) is 4.39. The van der Waals surface area contributed by atoms with Crippen LogP contribution in [0, 0.1) is 0 Å². The van der Waals surface area contributed by atoms with E-state index in [4.69, 9.17) is 33.1 Å². The summed E-state index contributed by atoms with van der Waals surface area (Å²) in [6.07, 6.45) is 0. The van der Waals surface area contributed by atoms with E-state index in [9.17, 15) is 13.2 Å². The number of halogens is 2. The monoisotopic (exact) mass is 388 g/mol. The molecule has 0 aromatic heterocycles. The Morgan fingerprint density at radius 1 is 1.17 bits per heavy atom. The van der Waals surface area contributed by atoms with Crippen LogP contribution in [0.3, 0.4) is 0 Å². The molecular formula is C15H14Cl2N2O4S. The number of nitrogens with two attached hydrogens (primary N) is 1. The molecule has 0 aliphatic carbocycles. The maximum Gasteiger partial charge on any atom is 0.251 e. The molecule has 0 radical (unpaired) electrons. The zero-order valence-electron chi connectivity index (χ0n) is 12.5. The van der Waals surface area contributed by atoms with Crippen molar-refractivity contribution >= 4 is 39.1 Å². The van der Waals surface area contributed by atoms with Crippen LogP contribution in [0.15, 0.2) is 41.3 Å². The molecular weight excluding hydrogens is 375 g/mol. The smallest absolute Gasteiger partial charge is 0.251 e. The van der Waals surface area contributed by atoms with Crippen molar-refractivity contribution in [1.82, 2.24) is 5.32 Å². The standard InChI is InChI=1S/C15H14Cl2N2O4S/c1-23-14-12(16)6-10(7-13(14)17)15(20)19-8-9-2-4-11(5-3-9)24(18,21)22/h2-7H,8H2,1H3,(H,19,20)(H2,18,21,22). The van der Waals surface area contributed by atoms with Crippen molar-refractivity contribution in [3.05, 3.63) is 57.6 Å². The second-order valence-corrected chi connectivity index (χ2v) is 7.22. The van der Waals surface area contributed by atoms with Crippen LogP contribution in [-0.2, 0) is 16.6 Å². The molecule has 2 aromatic rings. The van der Waals surface area contributed by atoms with E-state index in [1.165, 1.54) is 31.4 Å². The topological polar surface area (TPSA) is 98.5 Å². The second kappa shape index (κ2) is 7.40. The normalized spacial score (nSPS) is 11.2. The van der Waals surface area contributed by atoms with Gasteiger partial charge < -0.3 is 10.1 Å². The Kier molecular flexibility index (Phi) is 5.71. The molecule has 3 N–H and O–H groups in total. The minimum absolute atomic E-state index is 0.00583. The average molecular weight is 389 g/mol. The fraction of sp³-hybridized carbons (Fsp3) is 0.133. The third-order valence-electron chi connectivity index (χ3n) is 3.17. The molecule has 0 fully saturated rings. The highest BCUT2D eigenvalue weighted by Gasteiger charge is 2.13. The summed E-state index contributed by atoms with van der Waals surface area (Å²) in [5.41, 5.74) is 0.994. The molecule has 0 saturated carbocycles. The molecule has 6 nitrogen and oxygen atoms in total. The average Bonchev–Trinajstić information content (AvgIpc) is 2.51. The molecule has 0 saturated heterocycles. The number of hydrogen-bond acceptors (Lipinski definition) is 4. The third-order valence-corrected chi connectivity index (χ3v) is 4.66. The molecule has 128 valence electrons. The van der Waals surface area contributed by atoms with Crippen LogP contribution in [0.2, 0.25) is 10.0 Å². The van der Waals surface area contributed by atoms with Crippen molar-refractivity contribution in [2.24, 2.45) is 5.14 Å². The van der Waals surface area contributed by atoms with E-state index in [0.717, 1.165) is 0 Å². The first-order valence-corrected chi connectivity index (χ1v) is 8.95. The van der Waals surface area contributed by atoms with Gasteiger partial charge in [-0.05, 0) is 29.8 Å². The van der Waals surface area contributed by atoms with Gasteiger partial charge in [-0.3, -0.25) is 4.79 Å². The highest BCUT2D eigenvalue weighted by molar-refractivity contribution is 7.89. The van der Waals surface area contributed by atoms with Crippen molar-refractivity contribution in [2.75, 3.05) is 7.11 Å². The van der Waals surface area contributed by atoms with Crippen LogP contribution in [0.4, 0.5) is 0 Å². The van der Waals surface area contributed by atoms with Crippen molar-refractivity contribution in [2.45, 2.75) is 11.4 Å². The Hall–Kier alpha value is -1.80. The summed E-state index contributed by atoms with van der Waals surface area (Å²) in [5, 5.41) is 8.17. The molecule has 2 aromatic carbocycles. The molecule has 0 aliphatic rings.